The molecule has 100 valence electrons. The standard InChI is InChI=1S/C13H21N3O2/c14-12-9-13(17)16(15-10-12)6-2-1-3-11-4-7-18-8-5-11/h9-11H,1-8,14H2. The molecule has 0 atom stereocenters. The molecule has 0 radical (unpaired) electrons. The first-order chi connectivity index (χ1) is 8.75. The highest BCUT2D eigenvalue weighted by molar-refractivity contribution is 5.31. The zero-order chi connectivity index (χ0) is 12.8. The summed E-state index contributed by atoms with van der Waals surface area (Å²) in [4.78, 5) is 11.5. The van der Waals surface area contributed by atoms with Crippen molar-refractivity contribution in [1.29, 1.82) is 0 Å². The van der Waals surface area contributed by atoms with Crippen LogP contribution in [0.3, 0.4) is 0 Å². The molecular formula is C13H21N3O2. The van der Waals surface area contributed by atoms with Crippen molar-refractivity contribution in [3.05, 3.63) is 22.6 Å². The van der Waals surface area contributed by atoms with Gasteiger partial charge in [0.1, 0.15) is 0 Å². The van der Waals surface area contributed by atoms with E-state index in [0.29, 0.717) is 12.2 Å². The third-order valence-electron chi connectivity index (χ3n) is 3.46. The topological polar surface area (TPSA) is 70.1 Å². The van der Waals surface area contributed by atoms with Crippen LogP contribution in [-0.2, 0) is 11.3 Å². The largest absolute Gasteiger partial charge is 0.397 e. The maximum Gasteiger partial charge on any atom is 0.268 e. The maximum absolute atomic E-state index is 11.5. The molecule has 0 amide bonds. The van der Waals surface area contributed by atoms with Gasteiger partial charge in [0, 0.05) is 25.8 Å². The maximum atomic E-state index is 11.5. The Morgan fingerprint density at radius 2 is 2.17 bits per heavy atom. The number of anilines is 1. The Bertz CT molecular complexity index is 424. The van der Waals surface area contributed by atoms with Crippen LogP contribution in [0, 0.1) is 5.92 Å². The van der Waals surface area contributed by atoms with Gasteiger partial charge in [-0.2, -0.15) is 5.10 Å². The number of ether oxygens (including phenoxy) is 1. The SMILES string of the molecule is Nc1cnn(CCCCC2CCOCC2)c(=O)c1. The first-order valence-corrected chi connectivity index (χ1v) is 6.66. The first-order valence-electron chi connectivity index (χ1n) is 6.66. The fraction of sp³-hybridized carbons (Fsp3) is 0.692. The predicted octanol–water partition coefficient (Wildman–Crippen LogP) is 1.42. The van der Waals surface area contributed by atoms with E-state index in [-0.39, 0.29) is 5.56 Å². The minimum Gasteiger partial charge on any atom is -0.397 e. The average molecular weight is 251 g/mol. The molecule has 1 aliphatic rings. The number of unbranched alkanes of at least 4 members (excludes halogenated alkanes) is 1. The molecule has 0 aliphatic carbocycles. The van der Waals surface area contributed by atoms with E-state index >= 15 is 0 Å². The monoisotopic (exact) mass is 251 g/mol. The van der Waals surface area contributed by atoms with Gasteiger partial charge in [0.2, 0.25) is 0 Å². The lowest BCUT2D eigenvalue weighted by atomic mass is 9.94. The molecule has 0 spiro atoms. The van der Waals surface area contributed by atoms with Gasteiger partial charge in [-0.05, 0) is 25.2 Å². The summed E-state index contributed by atoms with van der Waals surface area (Å²) in [6, 6.07) is 1.42. The van der Waals surface area contributed by atoms with Gasteiger partial charge in [0.05, 0.1) is 11.9 Å². The van der Waals surface area contributed by atoms with Crippen LogP contribution in [0.2, 0.25) is 0 Å². The Hall–Kier alpha value is -1.36. The van der Waals surface area contributed by atoms with Gasteiger partial charge in [0.25, 0.3) is 5.56 Å². The van der Waals surface area contributed by atoms with Crippen molar-refractivity contribution in [3.63, 3.8) is 0 Å². The van der Waals surface area contributed by atoms with Crippen LogP contribution >= 0.6 is 0 Å². The van der Waals surface area contributed by atoms with Crippen molar-refractivity contribution >= 4 is 5.69 Å². The molecule has 0 saturated carbocycles. The average Bonchev–Trinajstić information content (AvgIpc) is 2.38. The quantitative estimate of drug-likeness (QED) is 0.803. The highest BCUT2D eigenvalue weighted by Gasteiger charge is 2.12. The van der Waals surface area contributed by atoms with E-state index in [2.05, 4.69) is 5.10 Å². The zero-order valence-corrected chi connectivity index (χ0v) is 10.7. The molecule has 2 rings (SSSR count). The molecule has 1 aliphatic heterocycles. The Kier molecular flexibility index (Phi) is 4.75. The van der Waals surface area contributed by atoms with Crippen LogP contribution in [0.4, 0.5) is 5.69 Å². The Morgan fingerprint density at radius 1 is 1.39 bits per heavy atom. The summed E-state index contributed by atoms with van der Waals surface area (Å²) < 4.78 is 6.82. The summed E-state index contributed by atoms with van der Waals surface area (Å²) in [5, 5.41) is 4.02. The van der Waals surface area contributed by atoms with Crippen LogP contribution in [0.25, 0.3) is 0 Å². The highest BCUT2D eigenvalue weighted by Crippen LogP contribution is 2.20. The molecule has 5 heteroatoms. The van der Waals surface area contributed by atoms with E-state index in [1.807, 2.05) is 0 Å². The molecule has 1 fully saturated rings. The van der Waals surface area contributed by atoms with Crippen molar-refractivity contribution in [1.82, 2.24) is 9.78 Å². The second kappa shape index (κ2) is 6.54. The fourth-order valence-corrected chi connectivity index (χ4v) is 2.35. The molecule has 5 nitrogen and oxygen atoms in total. The lowest BCUT2D eigenvalue weighted by Crippen LogP contribution is -2.22. The Morgan fingerprint density at radius 3 is 2.89 bits per heavy atom. The summed E-state index contributed by atoms with van der Waals surface area (Å²) in [6.07, 6.45) is 7.25. The molecule has 0 aromatic carbocycles. The van der Waals surface area contributed by atoms with E-state index in [9.17, 15) is 4.79 Å². The number of rotatable bonds is 5. The molecule has 1 aromatic heterocycles. The molecule has 1 saturated heterocycles. The number of aromatic nitrogens is 2. The summed E-state index contributed by atoms with van der Waals surface area (Å²) in [5.41, 5.74) is 5.81. The van der Waals surface area contributed by atoms with E-state index in [4.69, 9.17) is 10.5 Å². The van der Waals surface area contributed by atoms with E-state index in [1.165, 1.54) is 36.2 Å². The first kappa shape index (κ1) is 13.1. The van der Waals surface area contributed by atoms with E-state index < -0.39 is 0 Å². The second-order valence-corrected chi connectivity index (χ2v) is 4.90. The third-order valence-corrected chi connectivity index (χ3v) is 3.46. The molecule has 2 N–H and O–H groups in total. The molecule has 0 bridgehead atoms. The lowest BCUT2D eigenvalue weighted by molar-refractivity contribution is 0.0630. The second-order valence-electron chi connectivity index (χ2n) is 4.90. The van der Waals surface area contributed by atoms with Crippen LogP contribution in [-0.4, -0.2) is 23.0 Å². The van der Waals surface area contributed by atoms with Crippen LogP contribution < -0.4 is 11.3 Å². The number of nitrogen functional groups attached to an aromatic ring is 1. The van der Waals surface area contributed by atoms with Crippen molar-refractivity contribution in [2.45, 2.75) is 38.6 Å². The molecular weight excluding hydrogens is 230 g/mol. The molecule has 1 aromatic rings. The third kappa shape index (κ3) is 3.84. The summed E-state index contributed by atoms with van der Waals surface area (Å²) >= 11 is 0. The van der Waals surface area contributed by atoms with Crippen LogP contribution in [0.15, 0.2) is 17.1 Å². The van der Waals surface area contributed by atoms with Crippen molar-refractivity contribution in [3.8, 4) is 0 Å². The zero-order valence-electron chi connectivity index (χ0n) is 10.7. The fourth-order valence-electron chi connectivity index (χ4n) is 2.35. The van der Waals surface area contributed by atoms with Crippen molar-refractivity contribution in [2.24, 2.45) is 5.92 Å². The van der Waals surface area contributed by atoms with Crippen molar-refractivity contribution in [2.75, 3.05) is 18.9 Å². The number of hydrogen-bond donors (Lipinski definition) is 1. The predicted molar refractivity (Wildman–Crippen MR) is 70.3 cm³/mol. The van der Waals surface area contributed by atoms with Crippen molar-refractivity contribution < 1.29 is 4.74 Å². The minimum absolute atomic E-state index is 0.110. The van der Waals surface area contributed by atoms with Gasteiger partial charge >= 0.3 is 0 Å². The normalized spacial score (nSPS) is 16.9. The minimum atomic E-state index is -0.110. The molecule has 18 heavy (non-hydrogen) atoms. The van der Waals surface area contributed by atoms with Gasteiger partial charge < -0.3 is 10.5 Å². The number of aryl methyl sites for hydroxylation is 1. The smallest absolute Gasteiger partial charge is 0.268 e. The van der Waals surface area contributed by atoms with Crippen LogP contribution in [0.5, 0.6) is 0 Å². The summed E-state index contributed by atoms with van der Waals surface area (Å²) in [6.45, 7) is 2.50. The Balaban J connectivity index is 1.70. The van der Waals surface area contributed by atoms with Crippen LogP contribution in [0.1, 0.15) is 32.1 Å². The Labute approximate surface area is 107 Å². The van der Waals surface area contributed by atoms with Gasteiger partial charge in [0.15, 0.2) is 0 Å². The number of nitrogens with two attached hydrogens (primary N) is 1. The molecule has 0 unspecified atom stereocenters. The summed E-state index contributed by atoms with van der Waals surface area (Å²) in [5.74, 6) is 0.801. The number of hydrogen-bond acceptors (Lipinski definition) is 4. The van der Waals surface area contributed by atoms with Gasteiger partial charge in [-0.3, -0.25) is 4.79 Å². The highest BCUT2D eigenvalue weighted by atomic mass is 16.5. The van der Waals surface area contributed by atoms with Gasteiger partial charge in [-0.1, -0.05) is 12.8 Å². The van der Waals surface area contributed by atoms with Gasteiger partial charge in [-0.15, -0.1) is 0 Å². The number of nitrogens with zero attached hydrogens (tertiary/aromatic N) is 2. The van der Waals surface area contributed by atoms with Gasteiger partial charge in [-0.25, -0.2) is 4.68 Å². The van der Waals surface area contributed by atoms with E-state index in [0.717, 1.165) is 32.0 Å². The summed E-state index contributed by atoms with van der Waals surface area (Å²) in [7, 11) is 0. The molecule has 2 heterocycles. The van der Waals surface area contributed by atoms with E-state index in [1.54, 1.807) is 0 Å². The lowest BCUT2D eigenvalue weighted by Gasteiger charge is -2.21.